The maximum Gasteiger partial charge on any atom is 0.255 e. The third kappa shape index (κ3) is 4.02. The van der Waals surface area contributed by atoms with Crippen LogP contribution in [0.2, 0.25) is 5.02 Å². The maximum atomic E-state index is 13.1. The molecule has 29 heavy (non-hydrogen) atoms. The lowest BCUT2D eigenvalue weighted by Crippen LogP contribution is -2.48. The van der Waals surface area contributed by atoms with Crippen molar-refractivity contribution < 1.29 is 17.6 Å². The number of hydrogen-bond acceptors (Lipinski definition) is 4. The van der Waals surface area contributed by atoms with Crippen LogP contribution in [0, 0.1) is 5.82 Å². The van der Waals surface area contributed by atoms with E-state index in [9.17, 15) is 17.6 Å². The van der Waals surface area contributed by atoms with Crippen LogP contribution in [-0.4, -0.2) is 43.3 Å². The van der Waals surface area contributed by atoms with E-state index < -0.39 is 15.4 Å². The van der Waals surface area contributed by atoms with Gasteiger partial charge in [0.25, 0.3) is 5.91 Å². The largest absolute Gasteiger partial charge is 0.313 e. The van der Waals surface area contributed by atoms with Gasteiger partial charge in [-0.05, 0) is 48.7 Å². The Kier molecular flexibility index (Phi) is 5.37. The SMILES string of the molecule is NS(=O)(=O)C1c2cc(Cl)ccc2C(=O)N1C1CCN(Cc2ccc(F)cc2)CC1. The number of carbonyl (C=O) groups excluding carboxylic acids is 1. The van der Waals surface area contributed by atoms with Crippen molar-refractivity contribution in [1.29, 1.82) is 0 Å². The number of halogens is 2. The van der Waals surface area contributed by atoms with Crippen LogP contribution in [0.4, 0.5) is 4.39 Å². The number of sulfonamides is 1. The molecule has 0 saturated carbocycles. The number of hydrogen-bond donors (Lipinski definition) is 1. The van der Waals surface area contributed by atoms with Gasteiger partial charge in [0.15, 0.2) is 5.37 Å². The normalized spacial score (nSPS) is 20.9. The van der Waals surface area contributed by atoms with Crippen LogP contribution in [0.3, 0.4) is 0 Å². The second-order valence-electron chi connectivity index (χ2n) is 7.52. The summed E-state index contributed by atoms with van der Waals surface area (Å²) in [5, 5.41) is 4.65. The van der Waals surface area contributed by atoms with Crippen molar-refractivity contribution >= 4 is 27.5 Å². The summed E-state index contributed by atoms with van der Waals surface area (Å²) in [6, 6.07) is 10.8. The lowest BCUT2D eigenvalue weighted by Gasteiger charge is -2.38. The second-order valence-corrected chi connectivity index (χ2v) is 9.58. The second kappa shape index (κ2) is 7.68. The molecule has 6 nitrogen and oxygen atoms in total. The maximum absolute atomic E-state index is 13.1. The highest BCUT2D eigenvalue weighted by Gasteiger charge is 2.46. The number of likely N-dealkylation sites (tertiary alicyclic amines) is 1. The summed E-state index contributed by atoms with van der Waals surface area (Å²) in [7, 11) is -4.03. The Bertz CT molecular complexity index is 1040. The molecule has 2 heterocycles. The Morgan fingerprint density at radius 1 is 1.10 bits per heavy atom. The Morgan fingerprint density at radius 3 is 2.38 bits per heavy atom. The molecule has 1 atom stereocenters. The fourth-order valence-corrected chi connectivity index (χ4v) is 5.54. The van der Waals surface area contributed by atoms with Gasteiger partial charge in [-0.1, -0.05) is 23.7 Å². The van der Waals surface area contributed by atoms with Gasteiger partial charge in [0.05, 0.1) is 0 Å². The molecule has 154 valence electrons. The van der Waals surface area contributed by atoms with Gasteiger partial charge in [-0.25, -0.2) is 17.9 Å². The molecule has 1 unspecified atom stereocenters. The third-order valence-electron chi connectivity index (χ3n) is 5.58. The van der Waals surface area contributed by atoms with Crippen molar-refractivity contribution in [2.75, 3.05) is 13.1 Å². The van der Waals surface area contributed by atoms with Gasteiger partial charge in [0, 0.05) is 41.8 Å². The molecule has 2 aliphatic rings. The average Bonchev–Trinajstić information content (AvgIpc) is 2.96. The monoisotopic (exact) mass is 437 g/mol. The minimum atomic E-state index is -4.03. The van der Waals surface area contributed by atoms with E-state index in [1.165, 1.54) is 23.1 Å². The molecular formula is C20H21ClFN3O3S. The first kappa shape index (κ1) is 20.3. The highest BCUT2D eigenvalue weighted by molar-refractivity contribution is 7.89. The summed E-state index contributed by atoms with van der Waals surface area (Å²) in [5.74, 6) is -0.596. The fourth-order valence-electron chi connectivity index (χ4n) is 4.22. The molecular weight excluding hydrogens is 417 g/mol. The highest BCUT2D eigenvalue weighted by atomic mass is 35.5. The molecule has 1 amide bonds. The molecule has 0 aliphatic carbocycles. The Hall–Kier alpha value is -2.00. The van der Waals surface area contributed by atoms with E-state index in [4.69, 9.17) is 16.7 Å². The summed E-state index contributed by atoms with van der Waals surface area (Å²) in [5.41, 5.74) is 1.69. The quantitative estimate of drug-likeness (QED) is 0.797. The van der Waals surface area contributed by atoms with E-state index in [-0.39, 0.29) is 17.8 Å². The minimum Gasteiger partial charge on any atom is -0.313 e. The number of benzene rings is 2. The van der Waals surface area contributed by atoms with Gasteiger partial charge in [-0.3, -0.25) is 9.69 Å². The fraction of sp³-hybridized carbons (Fsp3) is 0.350. The van der Waals surface area contributed by atoms with Crippen LogP contribution in [-0.2, 0) is 16.6 Å². The number of amides is 1. The predicted octanol–water partition coefficient (Wildman–Crippen LogP) is 2.89. The van der Waals surface area contributed by atoms with E-state index in [2.05, 4.69) is 4.90 Å². The first-order valence-corrected chi connectivity index (χ1v) is 11.3. The van der Waals surface area contributed by atoms with Gasteiger partial charge < -0.3 is 4.90 Å². The summed E-state index contributed by atoms with van der Waals surface area (Å²) in [6.45, 7) is 2.07. The van der Waals surface area contributed by atoms with Crippen LogP contribution in [0.25, 0.3) is 0 Å². The zero-order chi connectivity index (χ0) is 20.8. The lowest BCUT2D eigenvalue weighted by atomic mass is 10.0. The standard InChI is InChI=1S/C20H21ClFN3O3S/c21-14-3-6-17-18(11-14)20(29(23,27)28)25(19(17)26)16-7-9-24(10-8-16)12-13-1-4-15(22)5-2-13/h1-6,11,16,20H,7-10,12H2,(H2,23,27,28). The van der Waals surface area contributed by atoms with Crippen molar-refractivity contribution in [2.24, 2.45) is 5.14 Å². The van der Waals surface area contributed by atoms with E-state index in [0.717, 1.165) is 5.56 Å². The van der Waals surface area contributed by atoms with Crippen molar-refractivity contribution in [2.45, 2.75) is 30.8 Å². The summed E-state index contributed by atoms with van der Waals surface area (Å²) in [6.07, 6.45) is 1.25. The average molecular weight is 438 g/mol. The third-order valence-corrected chi connectivity index (χ3v) is 6.92. The zero-order valence-corrected chi connectivity index (χ0v) is 17.2. The molecule has 1 saturated heterocycles. The number of nitrogens with two attached hydrogens (primary N) is 1. The summed E-state index contributed by atoms with van der Waals surface area (Å²) >= 11 is 6.03. The van der Waals surface area contributed by atoms with Crippen molar-refractivity contribution in [3.63, 3.8) is 0 Å². The number of rotatable bonds is 4. The molecule has 9 heteroatoms. The van der Waals surface area contributed by atoms with E-state index in [1.54, 1.807) is 24.3 Å². The van der Waals surface area contributed by atoms with Crippen molar-refractivity contribution in [1.82, 2.24) is 9.80 Å². The Balaban J connectivity index is 1.51. The smallest absolute Gasteiger partial charge is 0.255 e. The zero-order valence-electron chi connectivity index (χ0n) is 15.6. The molecule has 2 N–H and O–H groups in total. The molecule has 4 rings (SSSR count). The molecule has 0 radical (unpaired) electrons. The molecule has 0 spiro atoms. The van der Waals surface area contributed by atoms with Crippen LogP contribution < -0.4 is 5.14 Å². The van der Waals surface area contributed by atoms with Crippen molar-refractivity contribution in [3.05, 3.63) is 70.0 Å². The number of primary sulfonamides is 1. The molecule has 2 aromatic carbocycles. The lowest BCUT2D eigenvalue weighted by molar-refractivity contribution is 0.0571. The molecule has 1 fully saturated rings. The van der Waals surface area contributed by atoms with E-state index in [1.807, 2.05) is 0 Å². The van der Waals surface area contributed by atoms with Crippen LogP contribution in [0.1, 0.15) is 39.7 Å². The molecule has 2 aromatic rings. The first-order chi connectivity index (χ1) is 13.7. The summed E-state index contributed by atoms with van der Waals surface area (Å²) < 4.78 is 37.8. The summed E-state index contributed by atoms with van der Waals surface area (Å²) in [4.78, 5) is 16.6. The molecule has 0 aromatic heterocycles. The van der Waals surface area contributed by atoms with Crippen LogP contribution >= 0.6 is 11.6 Å². The highest BCUT2D eigenvalue weighted by Crippen LogP contribution is 2.41. The van der Waals surface area contributed by atoms with Crippen molar-refractivity contribution in [3.8, 4) is 0 Å². The molecule has 2 aliphatic heterocycles. The van der Waals surface area contributed by atoms with Crippen LogP contribution in [0.15, 0.2) is 42.5 Å². The first-order valence-electron chi connectivity index (χ1n) is 9.34. The number of nitrogens with zero attached hydrogens (tertiary/aromatic N) is 2. The Labute approximate surface area is 174 Å². The van der Waals surface area contributed by atoms with Crippen LogP contribution in [0.5, 0.6) is 0 Å². The number of carbonyl (C=O) groups is 1. The number of fused-ring (bicyclic) bond motifs is 1. The van der Waals surface area contributed by atoms with Gasteiger partial charge in [0.1, 0.15) is 5.82 Å². The van der Waals surface area contributed by atoms with Gasteiger partial charge in [-0.2, -0.15) is 0 Å². The predicted molar refractivity (Wildman–Crippen MR) is 108 cm³/mol. The minimum absolute atomic E-state index is 0.235. The topological polar surface area (TPSA) is 83.7 Å². The van der Waals surface area contributed by atoms with E-state index in [0.29, 0.717) is 48.6 Å². The van der Waals surface area contributed by atoms with Gasteiger partial charge in [0.2, 0.25) is 10.0 Å². The number of piperidine rings is 1. The molecule has 0 bridgehead atoms. The van der Waals surface area contributed by atoms with E-state index >= 15 is 0 Å². The van der Waals surface area contributed by atoms with Gasteiger partial charge in [-0.15, -0.1) is 0 Å². The van der Waals surface area contributed by atoms with Gasteiger partial charge >= 0.3 is 0 Å². The Morgan fingerprint density at radius 2 is 1.76 bits per heavy atom.